The van der Waals surface area contributed by atoms with Crippen LogP contribution in [0.15, 0.2) is 85.1 Å². The number of carbonyl (C=O) groups is 3. The summed E-state index contributed by atoms with van der Waals surface area (Å²) >= 11 is 0. The minimum atomic E-state index is -1.02. The maximum absolute atomic E-state index is 12.8. The predicted octanol–water partition coefficient (Wildman–Crippen LogP) is 13.6. The summed E-state index contributed by atoms with van der Waals surface area (Å²) in [4.78, 5) is 35.1. The van der Waals surface area contributed by atoms with Crippen molar-refractivity contribution >= 4 is 17.8 Å². The first-order valence-electron chi connectivity index (χ1n) is 21.7. The third kappa shape index (κ3) is 41.3. The van der Waals surface area contributed by atoms with Gasteiger partial charge < -0.3 is 15.2 Å². The molecule has 6 heteroatoms. The van der Waals surface area contributed by atoms with E-state index in [1.807, 2.05) is 0 Å². The van der Waals surface area contributed by atoms with Gasteiger partial charge in [-0.25, -0.2) is 0 Å². The highest BCUT2D eigenvalue weighted by Crippen LogP contribution is 2.18. The largest absolute Gasteiger partial charge is 0.480 e. The van der Waals surface area contributed by atoms with Gasteiger partial charge in [-0.05, 0) is 109 Å². The highest BCUT2D eigenvalue weighted by Gasteiger charge is 2.14. The van der Waals surface area contributed by atoms with Gasteiger partial charge >= 0.3 is 11.9 Å². The van der Waals surface area contributed by atoms with E-state index in [0.29, 0.717) is 12.8 Å². The van der Waals surface area contributed by atoms with Crippen molar-refractivity contribution in [2.75, 3.05) is 6.54 Å². The molecular formula is C48H79NO5. The number of nitrogens with one attached hydrogen (secondary N) is 1. The van der Waals surface area contributed by atoms with Gasteiger partial charge in [0.2, 0.25) is 5.91 Å². The van der Waals surface area contributed by atoms with Gasteiger partial charge in [-0.15, -0.1) is 0 Å². The van der Waals surface area contributed by atoms with Crippen molar-refractivity contribution < 1.29 is 24.2 Å². The number of carboxylic acids is 1. The molecule has 0 saturated carbocycles. The Balaban J connectivity index is 4.30. The highest BCUT2D eigenvalue weighted by molar-refractivity contribution is 5.80. The fourth-order valence-electron chi connectivity index (χ4n) is 5.93. The van der Waals surface area contributed by atoms with Crippen LogP contribution in [0.1, 0.15) is 187 Å². The topological polar surface area (TPSA) is 92.7 Å². The summed E-state index contributed by atoms with van der Waals surface area (Å²) in [6, 6.07) is 0. The highest BCUT2D eigenvalue weighted by atomic mass is 16.5. The third-order valence-corrected chi connectivity index (χ3v) is 9.06. The molecular weight excluding hydrogens is 671 g/mol. The van der Waals surface area contributed by atoms with Gasteiger partial charge in [-0.2, -0.15) is 0 Å². The molecule has 6 nitrogen and oxygen atoms in total. The van der Waals surface area contributed by atoms with Crippen LogP contribution >= 0.6 is 0 Å². The van der Waals surface area contributed by atoms with Crippen LogP contribution in [0, 0.1) is 0 Å². The van der Waals surface area contributed by atoms with Gasteiger partial charge in [0.15, 0.2) is 0 Å². The van der Waals surface area contributed by atoms with Crippen molar-refractivity contribution in [1.29, 1.82) is 0 Å². The molecule has 0 aliphatic heterocycles. The van der Waals surface area contributed by atoms with E-state index in [2.05, 4.69) is 104 Å². The van der Waals surface area contributed by atoms with Crippen LogP contribution in [-0.2, 0) is 19.1 Å². The molecule has 2 N–H and O–H groups in total. The van der Waals surface area contributed by atoms with Gasteiger partial charge in [-0.3, -0.25) is 14.4 Å². The van der Waals surface area contributed by atoms with Gasteiger partial charge in [0.05, 0.1) is 0 Å². The summed E-state index contributed by atoms with van der Waals surface area (Å²) in [5, 5.41) is 11.1. The standard InChI is InChI=1S/C48H79NO5/c1-3-5-7-9-11-13-15-17-19-20-22-24-26-28-30-35-39-43-48(53)54-45(41-37-33-31-34-38-42-46(50)49-44-47(51)52)40-36-32-29-27-25-23-21-18-16-14-12-10-8-6-4-2/h5-8,11-14,17-19,21,25,27,45H,3-4,9-10,15-16,20,22-24,26,28-44H2,1-2H3,(H,49,50)(H,51,52)/b7-5-,8-6-,13-11-,14-12-,19-17-,21-18-,27-25-. The van der Waals surface area contributed by atoms with Crippen LogP contribution in [-0.4, -0.2) is 35.6 Å². The molecule has 1 unspecified atom stereocenters. The SMILES string of the molecule is CC/C=C\C/C=C\C/C=C\C/C=C\CCCCC(CCCCCCCC(=O)NCC(=O)O)OC(=O)CCCCCCCCC/C=C\C/C=C\C/C=C\CC. The quantitative estimate of drug-likeness (QED) is 0.0372. The smallest absolute Gasteiger partial charge is 0.322 e. The molecule has 0 fully saturated rings. The summed E-state index contributed by atoms with van der Waals surface area (Å²) < 4.78 is 6.01. The Morgan fingerprint density at radius 2 is 0.852 bits per heavy atom. The van der Waals surface area contributed by atoms with E-state index in [1.54, 1.807) is 0 Å². The number of carboxylic acid groups (broad SMARTS) is 1. The molecule has 0 rings (SSSR count). The number of rotatable bonds is 38. The van der Waals surface area contributed by atoms with E-state index in [9.17, 15) is 14.4 Å². The summed E-state index contributed by atoms with van der Waals surface area (Å²) in [6.45, 7) is 3.99. The predicted molar refractivity (Wildman–Crippen MR) is 231 cm³/mol. The van der Waals surface area contributed by atoms with Crippen LogP contribution in [0.3, 0.4) is 0 Å². The fraction of sp³-hybridized carbons (Fsp3) is 0.646. The molecule has 0 aliphatic carbocycles. The van der Waals surface area contributed by atoms with E-state index >= 15 is 0 Å². The van der Waals surface area contributed by atoms with Gasteiger partial charge in [0.1, 0.15) is 12.6 Å². The first kappa shape index (κ1) is 50.6. The van der Waals surface area contributed by atoms with Crippen LogP contribution in [0.25, 0.3) is 0 Å². The lowest BCUT2D eigenvalue weighted by Gasteiger charge is -2.18. The van der Waals surface area contributed by atoms with E-state index in [1.165, 1.54) is 32.1 Å². The number of allylic oxidation sites excluding steroid dienone is 14. The summed E-state index contributed by atoms with van der Waals surface area (Å²) in [7, 11) is 0. The Morgan fingerprint density at radius 1 is 0.481 bits per heavy atom. The van der Waals surface area contributed by atoms with Gasteiger partial charge in [0.25, 0.3) is 0 Å². The maximum atomic E-state index is 12.8. The molecule has 0 aromatic rings. The number of hydrogen-bond acceptors (Lipinski definition) is 4. The number of amides is 1. The molecule has 0 bridgehead atoms. The van der Waals surface area contributed by atoms with Gasteiger partial charge in [-0.1, -0.05) is 150 Å². The monoisotopic (exact) mass is 750 g/mol. The van der Waals surface area contributed by atoms with E-state index < -0.39 is 5.97 Å². The van der Waals surface area contributed by atoms with E-state index in [4.69, 9.17) is 9.84 Å². The average Bonchev–Trinajstić information content (AvgIpc) is 3.16. The number of aliphatic carboxylic acids is 1. The van der Waals surface area contributed by atoms with Crippen LogP contribution in [0.2, 0.25) is 0 Å². The number of hydrogen-bond donors (Lipinski definition) is 2. The van der Waals surface area contributed by atoms with Gasteiger partial charge in [0, 0.05) is 12.8 Å². The molecule has 1 atom stereocenters. The number of unbranched alkanes of at least 4 members (excludes halogenated alkanes) is 13. The second-order valence-electron chi connectivity index (χ2n) is 14.2. The van der Waals surface area contributed by atoms with Crippen molar-refractivity contribution in [2.45, 2.75) is 193 Å². The van der Waals surface area contributed by atoms with Crippen LogP contribution in [0.4, 0.5) is 0 Å². The lowest BCUT2D eigenvalue weighted by atomic mass is 10.0. The zero-order valence-electron chi connectivity index (χ0n) is 34.5. The molecule has 0 aromatic carbocycles. The molecule has 54 heavy (non-hydrogen) atoms. The summed E-state index contributed by atoms with van der Waals surface area (Å²) in [5.41, 5.74) is 0. The van der Waals surface area contributed by atoms with E-state index in [-0.39, 0.29) is 24.5 Å². The van der Waals surface area contributed by atoms with Crippen molar-refractivity contribution in [3.05, 3.63) is 85.1 Å². The first-order chi connectivity index (χ1) is 26.5. The maximum Gasteiger partial charge on any atom is 0.322 e. The summed E-state index contributed by atoms with van der Waals surface area (Å²) in [6.07, 6.45) is 58.4. The molecule has 1 amide bonds. The Labute approximate surface area is 331 Å². The average molecular weight is 750 g/mol. The minimum absolute atomic E-state index is 0.0234. The zero-order valence-corrected chi connectivity index (χ0v) is 34.5. The number of esters is 1. The third-order valence-electron chi connectivity index (χ3n) is 9.06. The molecule has 0 saturated heterocycles. The van der Waals surface area contributed by atoms with Crippen molar-refractivity contribution in [1.82, 2.24) is 5.32 Å². The van der Waals surface area contributed by atoms with Crippen molar-refractivity contribution in [2.24, 2.45) is 0 Å². The Morgan fingerprint density at radius 3 is 1.33 bits per heavy atom. The lowest BCUT2D eigenvalue weighted by Crippen LogP contribution is -2.28. The van der Waals surface area contributed by atoms with Crippen molar-refractivity contribution in [3.8, 4) is 0 Å². The summed E-state index contributed by atoms with van der Waals surface area (Å²) in [5.74, 6) is -1.28. The number of carbonyl (C=O) groups excluding carboxylic acids is 2. The van der Waals surface area contributed by atoms with Crippen LogP contribution in [0.5, 0.6) is 0 Å². The fourth-order valence-corrected chi connectivity index (χ4v) is 5.93. The van der Waals surface area contributed by atoms with Crippen LogP contribution < -0.4 is 5.32 Å². The Kier molecular flexibility index (Phi) is 39.7. The first-order valence-corrected chi connectivity index (χ1v) is 21.7. The molecule has 0 heterocycles. The number of ether oxygens (including phenoxy) is 1. The normalized spacial score (nSPS) is 12.9. The van der Waals surface area contributed by atoms with Crippen molar-refractivity contribution in [3.63, 3.8) is 0 Å². The van der Waals surface area contributed by atoms with E-state index in [0.717, 1.165) is 128 Å². The minimum Gasteiger partial charge on any atom is -0.480 e. The zero-order chi connectivity index (χ0) is 39.4. The molecule has 0 radical (unpaired) electrons. The molecule has 0 spiro atoms. The second-order valence-corrected chi connectivity index (χ2v) is 14.2. The Hall–Kier alpha value is -3.41. The molecule has 306 valence electrons. The lowest BCUT2D eigenvalue weighted by molar-refractivity contribution is -0.150. The molecule has 0 aliphatic rings. The molecule has 0 aromatic heterocycles. The Bertz CT molecular complexity index is 1100. The second kappa shape index (κ2) is 42.3.